The highest BCUT2D eigenvalue weighted by Crippen LogP contribution is 2.40. The SMILES string of the molecule is OC1(c2cc(Br)nn2C2CC2)COC1. The molecular weight excluding hydrogens is 248 g/mol. The third kappa shape index (κ3) is 1.23. The van der Waals surface area contributed by atoms with Crippen LogP contribution in [-0.4, -0.2) is 28.1 Å². The topological polar surface area (TPSA) is 47.3 Å². The molecule has 5 heteroatoms. The smallest absolute Gasteiger partial charge is 0.152 e. The van der Waals surface area contributed by atoms with E-state index in [9.17, 15) is 5.11 Å². The molecule has 0 atom stereocenters. The molecule has 1 saturated heterocycles. The van der Waals surface area contributed by atoms with Crippen molar-refractivity contribution >= 4 is 15.9 Å². The van der Waals surface area contributed by atoms with Gasteiger partial charge in [0, 0.05) is 0 Å². The van der Waals surface area contributed by atoms with Gasteiger partial charge in [0.1, 0.15) is 4.60 Å². The Morgan fingerprint density at radius 1 is 1.57 bits per heavy atom. The van der Waals surface area contributed by atoms with Gasteiger partial charge in [-0.05, 0) is 34.8 Å². The first-order chi connectivity index (χ1) is 6.69. The van der Waals surface area contributed by atoms with Crippen LogP contribution in [0.5, 0.6) is 0 Å². The Hall–Kier alpha value is -0.390. The van der Waals surface area contributed by atoms with Crippen molar-refractivity contribution in [2.75, 3.05) is 13.2 Å². The molecule has 1 N–H and O–H groups in total. The summed E-state index contributed by atoms with van der Waals surface area (Å²) in [7, 11) is 0. The molecule has 0 bridgehead atoms. The Morgan fingerprint density at radius 2 is 2.29 bits per heavy atom. The van der Waals surface area contributed by atoms with Crippen molar-refractivity contribution in [1.29, 1.82) is 0 Å². The Labute approximate surface area is 90.0 Å². The third-order valence-corrected chi connectivity index (χ3v) is 3.14. The molecule has 76 valence electrons. The van der Waals surface area contributed by atoms with Gasteiger partial charge in [0.05, 0.1) is 24.9 Å². The van der Waals surface area contributed by atoms with Crippen molar-refractivity contribution in [2.24, 2.45) is 0 Å². The van der Waals surface area contributed by atoms with Crippen LogP contribution >= 0.6 is 15.9 Å². The molecule has 3 rings (SSSR count). The van der Waals surface area contributed by atoms with Crippen molar-refractivity contribution in [3.8, 4) is 0 Å². The molecule has 1 aliphatic carbocycles. The number of aliphatic hydroxyl groups is 1. The summed E-state index contributed by atoms with van der Waals surface area (Å²) in [5.41, 5.74) is 0.0832. The van der Waals surface area contributed by atoms with E-state index in [2.05, 4.69) is 21.0 Å². The van der Waals surface area contributed by atoms with Crippen LogP contribution in [0.4, 0.5) is 0 Å². The van der Waals surface area contributed by atoms with E-state index in [0.717, 1.165) is 23.1 Å². The fraction of sp³-hybridized carbons (Fsp3) is 0.667. The first-order valence-electron chi connectivity index (χ1n) is 4.75. The van der Waals surface area contributed by atoms with Crippen LogP contribution in [0.25, 0.3) is 0 Å². The Morgan fingerprint density at radius 3 is 2.79 bits per heavy atom. The molecule has 1 saturated carbocycles. The Kier molecular flexibility index (Phi) is 1.78. The number of hydrogen-bond donors (Lipinski definition) is 1. The molecule has 2 fully saturated rings. The number of ether oxygens (including phenoxy) is 1. The maximum atomic E-state index is 10.1. The summed E-state index contributed by atoms with van der Waals surface area (Å²) in [6.07, 6.45) is 2.33. The van der Waals surface area contributed by atoms with Gasteiger partial charge >= 0.3 is 0 Å². The lowest BCUT2D eigenvalue weighted by atomic mass is 9.98. The number of aromatic nitrogens is 2. The predicted octanol–water partition coefficient (Wildman–Crippen LogP) is 1.20. The van der Waals surface area contributed by atoms with Crippen molar-refractivity contribution in [1.82, 2.24) is 9.78 Å². The number of hydrogen-bond acceptors (Lipinski definition) is 3. The van der Waals surface area contributed by atoms with Gasteiger partial charge in [-0.25, -0.2) is 0 Å². The lowest BCUT2D eigenvalue weighted by molar-refractivity contribution is -0.188. The van der Waals surface area contributed by atoms with Gasteiger partial charge in [-0.2, -0.15) is 5.10 Å². The van der Waals surface area contributed by atoms with E-state index in [1.165, 1.54) is 0 Å². The zero-order chi connectivity index (χ0) is 9.76. The van der Waals surface area contributed by atoms with Gasteiger partial charge in [-0.3, -0.25) is 4.68 Å². The first-order valence-corrected chi connectivity index (χ1v) is 5.54. The van der Waals surface area contributed by atoms with Crippen LogP contribution in [0.15, 0.2) is 10.7 Å². The third-order valence-electron chi connectivity index (χ3n) is 2.76. The molecule has 0 aromatic carbocycles. The van der Waals surface area contributed by atoms with E-state index in [-0.39, 0.29) is 0 Å². The lowest BCUT2D eigenvalue weighted by Crippen LogP contribution is -2.48. The Bertz CT molecular complexity index is 369. The normalized spacial score (nSPS) is 24.7. The van der Waals surface area contributed by atoms with Crippen molar-refractivity contribution < 1.29 is 9.84 Å². The van der Waals surface area contributed by atoms with E-state index in [1.807, 2.05) is 10.7 Å². The highest BCUT2D eigenvalue weighted by atomic mass is 79.9. The molecule has 0 radical (unpaired) electrons. The second kappa shape index (κ2) is 2.81. The fourth-order valence-electron chi connectivity index (χ4n) is 1.75. The molecule has 2 heterocycles. The summed E-state index contributed by atoms with van der Waals surface area (Å²) in [4.78, 5) is 0. The molecule has 1 aromatic heterocycles. The van der Waals surface area contributed by atoms with Crippen molar-refractivity contribution in [3.05, 3.63) is 16.4 Å². The molecule has 4 nitrogen and oxygen atoms in total. The van der Waals surface area contributed by atoms with Gasteiger partial charge in [0.25, 0.3) is 0 Å². The summed E-state index contributed by atoms with van der Waals surface area (Å²) in [5.74, 6) is 0. The Balaban J connectivity index is 2.02. The van der Waals surface area contributed by atoms with Gasteiger partial charge < -0.3 is 9.84 Å². The second-order valence-corrected chi connectivity index (χ2v) is 4.86. The quantitative estimate of drug-likeness (QED) is 0.868. The minimum atomic E-state index is -0.804. The van der Waals surface area contributed by atoms with Crippen molar-refractivity contribution in [2.45, 2.75) is 24.5 Å². The van der Waals surface area contributed by atoms with Crippen LogP contribution in [0, 0.1) is 0 Å². The zero-order valence-corrected chi connectivity index (χ0v) is 9.20. The minimum absolute atomic E-state index is 0.387. The van der Waals surface area contributed by atoms with Gasteiger partial charge in [-0.15, -0.1) is 0 Å². The average Bonchev–Trinajstić information content (AvgIpc) is 2.86. The summed E-state index contributed by atoms with van der Waals surface area (Å²) in [5, 5.41) is 14.5. The molecule has 1 aromatic rings. The molecule has 1 aliphatic heterocycles. The largest absolute Gasteiger partial charge is 0.379 e. The molecule has 0 spiro atoms. The van der Waals surface area contributed by atoms with Crippen LogP contribution in [0.2, 0.25) is 0 Å². The van der Waals surface area contributed by atoms with Gasteiger partial charge in [-0.1, -0.05) is 0 Å². The van der Waals surface area contributed by atoms with Crippen LogP contribution in [0.1, 0.15) is 24.6 Å². The highest BCUT2D eigenvalue weighted by molar-refractivity contribution is 9.10. The maximum Gasteiger partial charge on any atom is 0.152 e. The fourth-order valence-corrected chi connectivity index (χ4v) is 2.14. The van der Waals surface area contributed by atoms with Crippen LogP contribution in [0.3, 0.4) is 0 Å². The molecular formula is C9H11BrN2O2. The second-order valence-electron chi connectivity index (χ2n) is 4.05. The standard InChI is InChI=1S/C9H11BrN2O2/c10-8-3-7(9(13)4-14-5-9)12(11-8)6-1-2-6/h3,6,13H,1-2,4-5H2. The van der Waals surface area contributed by atoms with Gasteiger partial charge in [0.15, 0.2) is 5.60 Å². The lowest BCUT2D eigenvalue weighted by Gasteiger charge is -2.36. The maximum absolute atomic E-state index is 10.1. The summed E-state index contributed by atoms with van der Waals surface area (Å²) in [6, 6.07) is 2.38. The van der Waals surface area contributed by atoms with Crippen LogP contribution in [-0.2, 0) is 10.3 Å². The van der Waals surface area contributed by atoms with E-state index >= 15 is 0 Å². The van der Waals surface area contributed by atoms with Crippen LogP contribution < -0.4 is 0 Å². The number of nitrogens with zero attached hydrogens (tertiary/aromatic N) is 2. The number of halogens is 1. The molecule has 0 amide bonds. The average molecular weight is 259 g/mol. The number of rotatable bonds is 2. The predicted molar refractivity (Wildman–Crippen MR) is 52.9 cm³/mol. The van der Waals surface area contributed by atoms with E-state index in [4.69, 9.17) is 4.74 Å². The van der Waals surface area contributed by atoms with E-state index in [0.29, 0.717) is 19.3 Å². The summed E-state index contributed by atoms with van der Waals surface area (Å²) >= 11 is 3.34. The van der Waals surface area contributed by atoms with E-state index in [1.54, 1.807) is 0 Å². The van der Waals surface area contributed by atoms with Gasteiger partial charge in [0.2, 0.25) is 0 Å². The first kappa shape index (κ1) is 8.88. The molecule has 0 unspecified atom stereocenters. The minimum Gasteiger partial charge on any atom is -0.379 e. The monoisotopic (exact) mass is 258 g/mol. The van der Waals surface area contributed by atoms with E-state index < -0.39 is 5.60 Å². The highest BCUT2D eigenvalue weighted by Gasteiger charge is 2.43. The molecule has 2 aliphatic rings. The summed E-state index contributed by atoms with van der Waals surface area (Å²) < 4.78 is 7.78. The summed E-state index contributed by atoms with van der Waals surface area (Å²) in [6.45, 7) is 0.774. The zero-order valence-electron chi connectivity index (χ0n) is 7.61. The van der Waals surface area contributed by atoms with Crippen molar-refractivity contribution in [3.63, 3.8) is 0 Å². The molecule has 14 heavy (non-hydrogen) atoms.